The van der Waals surface area contributed by atoms with Gasteiger partial charge < -0.3 is 20.1 Å². The van der Waals surface area contributed by atoms with Crippen molar-refractivity contribution in [2.75, 3.05) is 33.3 Å². The minimum absolute atomic E-state index is 0.193. The molecule has 2 N–H and O–H groups in total. The third-order valence-corrected chi connectivity index (χ3v) is 2.75. The van der Waals surface area contributed by atoms with Gasteiger partial charge in [0.15, 0.2) is 0 Å². The fourth-order valence-corrected chi connectivity index (χ4v) is 1.76. The summed E-state index contributed by atoms with van der Waals surface area (Å²) in [6.07, 6.45) is 2.42. The van der Waals surface area contributed by atoms with E-state index in [1.807, 2.05) is 0 Å². The van der Waals surface area contributed by atoms with Crippen LogP contribution in [0.3, 0.4) is 0 Å². The fourth-order valence-electron chi connectivity index (χ4n) is 1.76. The molecule has 1 amide bonds. The number of carboxylic acid groups (broad SMARTS) is 1. The Balaban J connectivity index is 2.12. The summed E-state index contributed by atoms with van der Waals surface area (Å²) in [7, 11) is 1.49. The van der Waals surface area contributed by atoms with Gasteiger partial charge in [-0.1, -0.05) is 0 Å². The van der Waals surface area contributed by atoms with Crippen molar-refractivity contribution in [3.63, 3.8) is 0 Å². The number of ether oxygens (including phenoxy) is 1. The van der Waals surface area contributed by atoms with Crippen LogP contribution in [0.4, 0.5) is 0 Å². The molecule has 0 radical (unpaired) electrons. The van der Waals surface area contributed by atoms with Crippen LogP contribution in [0.1, 0.15) is 19.3 Å². The number of amides is 1. The van der Waals surface area contributed by atoms with Crippen LogP contribution in [0.25, 0.3) is 0 Å². The average Bonchev–Trinajstić information content (AvgIpc) is 2.29. The maximum atomic E-state index is 11.5. The number of likely N-dealkylation sites (N-methyl/N-ethyl adjacent to an activating group) is 1. The number of hydrogen-bond acceptors (Lipinski definition) is 4. The molecule has 1 heterocycles. The Hall–Kier alpha value is -1.14. The number of carbonyl (C=O) groups is 2. The molecule has 0 unspecified atom stereocenters. The van der Waals surface area contributed by atoms with Gasteiger partial charge in [0, 0.05) is 7.05 Å². The van der Waals surface area contributed by atoms with Crippen molar-refractivity contribution in [2.24, 2.45) is 0 Å². The molecule has 98 valence electrons. The first-order valence-corrected chi connectivity index (χ1v) is 5.87. The van der Waals surface area contributed by atoms with Crippen LogP contribution < -0.4 is 5.32 Å². The predicted molar refractivity (Wildman–Crippen MR) is 61.7 cm³/mol. The van der Waals surface area contributed by atoms with Crippen LogP contribution in [0.5, 0.6) is 0 Å². The molecule has 0 spiro atoms. The normalized spacial score (nSPS) is 16.8. The summed E-state index contributed by atoms with van der Waals surface area (Å²) in [5.74, 6) is -1.19. The third kappa shape index (κ3) is 5.65. The number of aliphatic carboxylic acids is 1. The van der Waals surface area contributed by atoms with Gasteiger partial charge in [-0.05, 0) is 25.9 Å². The number of rotatable bonds is 6. The first-order chi connectivity index (χ1) is 8.09. The van der Waals surface area contributed by atoms with E-state index in [0.717, 1.165) is 25.9 Å². The zero-order valence-electron chi connectivity index (χ0n) is 10.1. The number of piperidine rings is 1. The van der Waals surface area contributed by atoms with Gasteiger partial charge in [-0.3, -0.25) is 9.59 Å². The van der Waals surface area contributed by atoms with Gasteiger partial charge in [0.05, 0.1) is 19.1 Å². The minimum atomic E-state index is -1.000. The van der Waals surface area contributed by atoms with Gasteiger partial charge in [-0.15, -0.1) is 0 Å². The Morgan fingerprint density at radius 1 is 1.41 bits per heavy atom. The monoisotopic (exact) mass is 244 g/mol. The Kier molecular flexibility index (Phi) is 5.93. The first-order valence-electron chi connectivity index (χ1n) is 5.87. The van der Waals surface area contributed by atoms with E-state index in [1.54, 1.807) is 0 Å². The largest absolute Gasteiger partial charge is 0.480 e. The van der Waals surface area contributed by atoms with Crippen molar-refractivity contribution >= 4 is 11.9 Å². The lowest BCUT2D eigenvalue weighted by atomic mass is 10.1. The van der Waals surface area contributed by atoms with Crippen molar-refractivity contribution < 1.29 is 19.4 Å². The standard InChI is InChI=1S/C11H20N2O4/c1-13(8-11(15)16)10(14)4-7-17-9-2-5-12-6-3-9/h9,12H,2-8H2,1H3,(H,15,16). The molecule has 6 nitrogen and oxygen atoms in total. The highest BCUT2D eigenvalue weighted by Crippen LogP contribution is 2.07. The number of carboxylic acids is 1. The second kappa shape index (κ2) is 7.24. The second-order valence-electron chi connectivity index (χ2n) is 4.21. The van der Waals surface area contributed by atoms with Gasteiger partial charge in [-0.2, -0.15) is 0 Å². The summed E-state index contributed by atoms with van der Waals surface area (Å²) < 4.78 is 5.57. The molecular formula is C11H20N2O4. The van der Waals surface area contributed by atoms with Crippen LogP contribution in [-0.2, 0) is 14.3 Å². The van der Waals surface area contributed by atoms with E-state index < -0.39 is 5.97 Å². The van der Waals surface area contributed by atoms with Crippen LogP contribution in [0.15, 0.2) is 0 Å². The molecule has 17 heavy (non-hydrogen) atoms. The molecule has 1 fully saturated rings. The van der Waals surface area contributed by atoms with Crippen molar-refractivity contribution in [1.82, 2.24) is 10.2 Å². The van der Waals surface area contributed by atoms with E-state index in [0.29, 0.717) is 6.61 Å². The van der Waals surface area contributed by atoms with Crippen LogP contribution in [-0.4, -0.2) is 61.3 Å². The van der Waals surface area contributed by atoms with Gasteiger partial charge >= 0.3 is 5.97 Å². The molecule has 1 rings (SSSR count). The quantitative estimate of drug-likeness (QED) is 0.670. The van der Waals surface area contributed by atoms with Crippen LogP contribution in [0.2, 0.25) is 0 Å². The molecule has 1 aliphatic heterocycles. The van der Waals surface area contributed by atoms with E-state index >= 15 is 0 Å². The average molecular weight is 244 g/mol. The topological polar surface area (TPSA) is 78.9 Å². The maximum Gasteiger partial charge on any atom is 0.323 e. The molecule has 0 aromatic carbocycles. The number of carbonyl (C=O) groups excluding carboxylic acids is 1. The number of hydrogen-bond donors (Lipinski definition) is 2. The zero-order valence-corrected chi connectivity index (χ0v) is 10.1. The van der Waals surface area contributed by atoms with Crippen molar-refractivity contribution in [3.05, 3.63) is 0 Å². The summed E-state index contributed by atoms with van der Waals surface area (Å²) >= 11 is 0. The molecule has 0 saturated carbocycles. The van der Waals surface area contributed by atoms with E-state index in [2.05, 4.69) is 5.32 Å². The molecule has 1 aliphatic rings. The Labute approximate surface area is 101 Å². The summed E-state index contributed by atoms with van der Waals surface area (Å²) in [6, 6.07) is 0. The van der Waals surface area contributed by atoms with E-state index in [4.69, 9.17) is 9.84 Å². The van der Waals surface area contributed by atoms with Crippen LogP contribution >= 0.6 is 0 Å². The lowest BCUT2D eigenvalue weighted by Gasteiger charge is -2.23. The SMILES string of the molecule is CN(CC(=O)O)C(=O)CCOC1CCNCC1. The van der Waals surface area contributed by atoms with Crippen molar-refractivity contribution in [3.8, 4) is 0 Å². The summed E-state index contributed by atoms with van der Waals surface area (Å²) in [5, 5.41) is 11.8. The molecule has 1 saturated heterocycles. The van der Waals surface area contributed by atoms with Gasteiger partial charge in [-0.25, -0.2) is 0 Å². The molecular weight excluding hydrogens is 224 g/mol. The van der Waals surface area contributed by atoms with Gasteiger partial charge in [0.25, 0.3) is 0 Å². The summed E-state index contributed by atoms with van der Waals surface area (Å²) in [4.78, 5) is 23.1. The molecule has 0 aromatic rings. The fraction of sp³-hybridized carbons (Fsp3) is 0.818. The summed E-state index contributed by atoms with van der Waals surface area (Å²) in [6.45, 7) is 2.02. The highest BCUT2D eigenvalue weighted by Gasteiger charge is 2.15. The minimum Gasteiger partial charge on any atom is -0.480 e. The predicted octanol–water partition coefficient (Wildman–Crippen LogP) is -0.312. The van der Waals surface area contributed by atoms with Gasteiger partial charge in [0.2, 0.25) is 5.91 Å². The molecule has 0 bridgehead atoms. The molecule has 0 atom stereocenters. The zero-order chi connectivity index (χ0) is 12.7. The highest BCUT2D eigenvalue weighted by molar-refractivity contribution is 5.81. The third-order valence-electron chi connectivity index (χ3n) is 2.75. The smallest absolute Gasteiger partial charge is 0.323 e. The maximum absolute atomic E-state index is 11.5. The molecule has 6 heteroatoms. The first kappa shape index (κ1) is 13.9. The number of nitrogens with zero attached hydrogens (tertiary/aromatic N) is 1. The second-order valence-corrected chi connectivity index (χ2v) is 4.21. The van der Waals surface area contributed by atoms with Crippen LogP contribution in [0, 0.1) is 0 Å². The summed E-state index contributed by atoms with van der Waals surface area (Å²) in [5.41, 5.74) is 0. The van der Waals surface area contributed by atoms with Gasteiger partial charge in [0.1, 0.15) is 6.54 Å². The highest BCUT2D eigenvalue weighted by atomic mass is 16.5. The lowest BCUT2D eigenvalue weighted by molar-refractivity contribution is -0.144. The van der Waals surface area contributed by atoms with E-state index in [-0.39, 0.29) is 25.0 Å². The Bertz CT molecular complexity index is 264. The van der Waals surface area contributed by atoms with Crippen molar-refractivity contribution in [1.29, 1.82) is 0 Å². The Morgan fingerprint density at radius 3 is 2.65 bits per heavy atom. The van der Waals surface area contributed by atoms with Crippen molar-refractivity contribution in [2.45, 2.75) is 25.4 Å². The van der Waals surface area contributed by atoms with E-state index in [9.17, 15) is 9.59 Å². The lowest BCUT2D eigenvalue weighted by Crippen LogP contribution is -2.35. The Morgan fingerprint density at radius 2 is 2.06 bits per heavy atom. The van der Waals surface area contributed by atoms with E-state index in [1.165, 1.54) is 11.9 Å². The molecule has 0 aromatic heterocycles. The number of nitrogens with one attached hydrogen (secondary N) is 1. The molecule has 0 aliphatic carbocycles.